The van der Waals surface area contributed by atoms with Crippen molar-refractivity contribution in [3.05, 3.63) is 45.9 Å². The summed E-state index contributed by atoms with van der Waals surface area (Å²) in [6.07, 6.45) is 0.925. The average molecular weight is 298 g/mol. The third-order valence-corrected chi connectivity index (χ3v) is 3.11. The Bertz CT molecular complexity index is 590. The van der Waals surface area contributed by atoms with Crippen molar-refractivity contribution in [3.63, 3.8) is 0 Å². The summed E-state index contributed by atoms with van der Waals surface area (Å²) in [5.41, 5.74) is 3.56. The molecule has 0 bridgehead atoms. The molecule has 2 rings (SSSR count). The Kier molecular flexibility index (Phi) is 4.47. The Morgan fingerprint density at radius 3 is 2.74 bits per heavy atom. The number of rotatable bonds is 4. The number of ether oxygens (including phenoxy) is 1. The molecule has 0 aliphatic rings. The van der Waals surface area contributed by atoms with Gasteiger partial charge in [-0.05, 0) is 30.2 Å². The van der Waals surface area contributed by atoms with E-state index in [4.69, 9.17) is 33.8 Å². The first kappa shape index (κ1) is 13.9. The van der Waals surface area contributed by atoms with Gasteiger partial charge in [-0.25, -0.2) is 5.84 Å². The van der Waals surface area contributed by atoms with Gasteiger partial charge >= 0.3 is 0 Å². The fraction of sp³-hybridized carbons (Fsp3) is 0.154. The van der Waals surface area contributed by atoms with Gasteiger partial charge in [0.05, 0.1) is 5.02 Å². The molecule has 0 aliphatic heterocycles. The zero-order valence-corrected chi connectivity index (χ0v) is 11.8. The minimum atomic E-state index is 0.257. The lowest BCUT2D eigenvalue weighted by atomic mass is 10.2. The number of nitrogens with one attached hydrogen (secondary N) is 1. The molecule has 0 amide bonds. The number of aromatic nitrogens is 1. The molecule has 0 radical (unpaired) electrons. The van der Waals surface area contributed by atoms with Crippen molar-refractivity contribution in [2.45, 2.75) is 13.3 Å². The van der Waals surface area contributed by atoms with Crippen LogP contribution in [0, 0.1) is 0 Å². The number of hydrazine groups is 1. The van der Waals surface area contributed by atoms with E-state index < -0.39 is 0 Å². The summed E-state index contributed by atoms with van der Waals surface area (Å²) >= 11 is 11.9. The molecular weight excluding hydrogens is 285 g/mol. The largest absolute Gasteiger partial charge is 0.437 e. The number of aryl methyl sites for hydroxylation is 1. The molecular formula is C13H13Cl2N3O. The van der Waals surface area contributed by atoms with E-state index in [1.807, 2.05) is 24.3 Å². The monoisotopic (exact) mass is 297 g/mol. The summed E-state index contributed by atoms with van der Waals surface area (Å²) in [6.45, 7) is 2.07. The third-order valence-electron chi connectivity index (χ3n) is 2.56. The first-order chi connectivity index (χ1) is 9.13. The van der Waals surface area contributed by atoms with Crippen molar-refractivity contribution in [2.24, 2.45) is 5.84 Å². The molecule has 1 aromatic carbocycles. The first-order valence-electron chi connectivity index (χ1n) is 5.73. The second-order valence-corrected chi connectivity index (χ2v) is 4.67. The lowest BCUT2D eigenvalue weighted by molar-refractivity contribution is 0.463. The van der Waals surface area contributed by atoms with Crippen LogP contribution in [0.5, 0.6) is 11.6 Å². The van der Waals surface area contributed by atoms with Crippen molar-refractivity contribution in [2.75, 3.05) is 5.43 Å². The fourth-order valence-corrected chi connectivity index (χ4v) is 2.01. The lowest BCUT2D eigenvalue weighted by Crippen LogP contribution is -2.09. The topological polar surface area (TPSA) is 60.2 Å². The highest BCUT2D eigenvalue weighted by atomic mass is 35.5. The molecule has 19 heavy (non-hydrogen) atoms. The molecule has 0 aliphatic carbocycles. The van der Waals surface area contributed by atoms with Crippen molar-refractivity contribution < 1.29 is 4.74 Å². The van der Waals surface area contributed by atoms with Gasteiger partial charge in [-0.2, -0.15) is 4.98 Å². The first-order valence-corrected chi connectivity index (χ1v) is 6.49. The van der Waals surface area contributed by atoms with Crippen molar-refractivity contribution >= 4 is 29.0 Å². The summed E-state index contributed by atoms with van der Waals surface area (Å²) in [5, 5.41) is 0.660. The number of nitrogens with zero attached hydrogens (tertiary/aromatic N) is 1. The minimum Gasteiger partial charge on any atom is -0.437 e. The van der Waals surface area contributed by atoms with Crippen LogP contribution in [0.25, 0.3) is 0 Å². The molecule has 3 N–H and O–H groups in total. The van der Waals surface area contributed by atoms with Gasteiger partial charge in [0.15, 0.2) is 5.82 Å². The van der Waals surface area contributed by atoms with Crippen molar-refractivity contribution in [1.29, 1.82) is 0 Å². The SMILES string of the molecule is CCc1cccc(Oc2nc(NN)c(Cl)cc2Cl)c1. The van der Waals surface area contributed by atoms with Crippen molar-refractivity contribution in [3.8, 4) is 11.6 Å². The maximum absolute atomic E-state index is 6.04. The maximum atomic E-state index is 6.04. The van der Waals surface area contributed by atoms with Gasteiger partial charge in [-0.1, -0.05) is 42.3 Å². The van der Waals surface area contributed by atoms with E-state index in [-0.39, 0.29) is 5.88 Å². The number of hydrogen-bond acceptors (Lipinski definition) is 4. The zero-order valence-electron chi connectivity index (χ0n) is 10.3. The Labute approximate surface area is 121 Å². The molecule has 0 saturated carbocycles. The second kappa shape index (κ2) is 6.10. The number of hydrogen-bond donors (Lipinski definition) is 2. The Morgan fingerprint density at radius 2 is 2.05 bits per heavy atom. The van der Waals surface area contributed by atoms with E-state index >= 15 is 0 Å². The van der Waals surface area contributed by atoms with Gasteiger partial charge in [0.2, 0.25) is 5.88 Å². The lowest BCUT2D eigenvalue weighted by Gasteiger charge is -2.10. The molecule has 0 saturated heterocycles. The van der Waals surface area contributed by atoms with E-state index in [1.54, 1.807) is 0 Å². The summed E-state index contributed by atoms with van der Waals surface area (Å²) in [4.78, 5) is 4.12. The standard InChI is InChI=1S/C13H13Cl2N3O/c1-2-8-4-3-5-9(6-8)19-13-11(15)7-10(14)12(17-13)18-16/h3-7H,2,16H2,1H3,(H,17,18). The van der Waals surface area contributed by atoms with Crippen molar-refractivity contribution in [1.82, 2.24) is 4.98 Å². The molecule has 1 heterocycles. The van der Waals surface area contributed by atoms with Crippen LogP contribution >= 0.6 is 23.2 Å². The van der Waals surface area contributed by atoms with Crippen LogP contribution < -0.4 is 16.0 Å². The molecule has 6 heteroatoms. The van der Waals surface area contributed by atoms with Crippen LogP contribution in [0.15, 0.2) is 30.3 Å². The van der Waals surface area contributed by atoms with E-state index in [9.17, 15) is 0 Å². The fourth-order valence-electron chi connectivity index (χ4n) is 1.56. The highest BCUT2D eigenvalue weighted by molar-refractivity contribution is 6.36. The molecule has 0 atom stereocenters. The minimum absolute atomic E-state index is 0.257. The average Bonchev–Trinajstić information content (AvgIpc) is 2.42. The zero-order chi connectivity index (χ0) is 13.8. The molecule has 0 unspecified atom stereocenters. The van der Waals surface area contributed by atoms with Crippen LogP contribution in [0.4, 0.5) is 5.82 Å². The van der Waals surface area contributed by atoms with Gasteiger partial charge in [0, 0.05) is 0 Å². The molecule has 100 valence electrons. The van der Waals surface area contributed by atoms with Gasteiger partial charge in [-0.3, -0.25) is 0 Å². The summed E-state index contributed by atoms with van der Waals surface area (Å²) in [5.74, 6) is 6.55. The highest BCUT2D eigenvalue weighted by Crippen LogP contribution is 2.33. The summed E-state index contributed by atoms with van der Waals surface area (Å²) < 4.78 is 5.65. The van der Waals surface area contributed by atoms with Crippen LogP contribution in [-0.4, -0.2) is 4.98 Å². The van der Waals surface area contributed by atoms with Gasteiger partial charge < -0.3 is 10.2 Å². The van der Waals surface area contributed by atoms with E-state index in [0.29, 0.717) is 21.6 Å². The number of benzene rings is 1. The predicted octanol–water partition coefficient (Wildman–Crippen LogP) is 4.03. The predicted molar refractivity (Wildman–Crippen MR) is 78.0 cm³/mol. The Morgan fingerprint density at radius 1 is 1.26 bits per heavy atom. The second-order valence-electron chi connectivity index (χ2n) is 3.85. The van der Waals surface area contributed by atoms with Crippen LogP contribution in [-0.2, 0) is 6.42 Å². The highest BCUT2D eigenvalue weighted by Gasteiger charge is 2.10. The number of nitrogens with two attached hydrogens (primary N) is 1. The number of anilines is 1. The van der Waals surface area contributed by atoms with Crippen LogP contribution in [0.2, 0.25) is 10.0 Å². The third kappa shape index (κ3) is 3.29. The number of pyridine rings is 1. The summed E-state index contributed by atoms with van der Waals surface area (Å²) in [6, 6.07) is 9.24. The number of halogens is 2. The van der Waals surface area contributed by atoms with E-state index in [1.165, 1.54) is 11.6 Å². The number of nitrogen functional groups attached to an aromatic ring is 1. The van der Waals surface area contributed by atoms with E-state index in [0.717, 1.165) is 6.42 Å². The van der Waals surface area contributed by atoms with Gasteiger partial charge in [0.1, 0.15) is 10.8 Å². The van der Waals surface area contributed by atoms with Gasteiger partial charge in [0.25, 0.3) is 0 Å². The summed E-state index contributed by atoms with van der Waals surface area (Å²) in [7, 11) is 0. The molecule has 4 nitrogen and oxygen atoms in total. The normalized spacial score (nSPS) is 10.3. The van der Waals surface area contributed by atoms with Crippen LogP contribution in [0.3, 0.4) is 0 Å². The van der Waals surface area contributed by atoms with E-state index in [2.05, 4.69) is 17.3 Å². The molecule has 0 spiro atoms. The van der Waals surface area contributed by atoms with Crippen LogP contribution in [0.1, 0.15) is 12.5 Å². The Balaban J connectivity index is 2.32. The molecule has 1 aromatic heterocycles. The smallest absolute Gasteiger partial charge is 0.240 e. The maximum Gasteiger partial charge on any atom is 0.240 e. The van der Waals surface area contributed by atoms with Gasteiger partial charge in [-0.15, -0.1) is 0 Å². The quantitative estimate of drug-likeness (QED) is 0.661. The molecule has 0 fully saturated rings. The Hall–Kier alpha value is -1.49. The molecule has 2 aromatic rings.